The van der Waals surface area contributed by atoms with E-state index in [4.69, 9.17) is 0 Å². The van der Waals surface area contributed by atoms with Gasteiger partial charge in [0, 0.05) is 0 Å². The van der Waals surface area contributed by atoms with E-state index in [0.717, 1.165) is 0 Å². The molecule has 0 heterocycles. The highest BCUT2D eigenvalue weighted by Crippen LogP contribution is 2.20. The molecule has 2 N–H and O–H groups in total. The van der Waals surface area contributed by atoms with Crippen LogP contribution in [0.15, 0.2) is 48.5 Å². The van der Waals surface area contributed by atoms with Gasteiger partial charge in [0.2, 0.25) is 0 Å². The van der Waals surface area contributed by atoms with Crippen LogP contribution in [0.1, 0.15) is 20.7 Å². The number of carbonyl (C=O) groups is 2. The molecule has 0 aliphatic heterocycles. The van der Waals surface area contributed by atoms with Gasteiger partial charge in [-0.05, 0) is 24.3 Å². The SMILES string of the molecule is O=C(OC(=O)c1ccccc1O)c1ccccc1O. The van der Waals surface area contributed by atoms with Crippen molar-refractivity contribution in [2.45, 2.75) is 0 Å². The minimum absolute atomic E-state index is 0.119. The van der Waals surface area contributed by atoms with E-state index in [0.29, 0.717) is 0 Å². The van der Waals surface area contributed by atoms with E-state index >= 15 is 0 Å². The number of aromatic hydroxyl groups is 2. The average molecular weight is 258 g/mol. The predicted octanol–water partition coefficient (Wildman–Crippen LogP) is 2.10. The summed E-state index contributed by atoms with van der Waals surface area (Å²) in [6.07, 6.45) is 0. The summed E-state index contributed by atoms with van der Waals surface area (Å²) in [4.78, 5) is 23.4. The molecule has 0 aliphatic rings. The van der Waals surface area contributed by atoms with Crippen molar-refractivity contribution in [1.82, 2.24) is 0 Å². The second-order valence-corrected chi connectivity index (χ2v) is 3.71. The molecule has 0 radical (unpaired) electrons. The van der Waals surface area contributed by atoms with E-state index in [1.807, 2.05) is 0 Å². The molecule has 5 nitrogen and oxygen atoms in total. The van der Waals surface area contributed by atoms with Crippen molar-refractivity contribution >= 4 is 11.9 Å². The average Bonchev–Trinajstić information content (AvgIpc) is 2.39. The van der Waals surface area contributed by atoms with Crippen molar-refractivity contribution < 1.29 is 24.5 Å². The van der Waals surface area contributed by atoms with Crippen LogP contribution < -0.4 is 0 Å². The third kappa shape index (κ3) is 2.71. The van der Waals surface area contributed by atoms with Crippen molar-refractivity contribution in [3.63, 3.8) is 0 Å². The lowest BCUT2D eigenvalue weighted by molar-refractivity contribution is 0.0394. The van der Waals surface area contributed by atoms with E-state index < -0.39 is 11.9 Å². The molecule has 0 spiro atoms. The van der Waals surface area contributed by atoms with Gasteiger partial charge in [0.05, 0.1) is 0 Å². The molecular formula is C14H10O5. The molecule has 5 heteroatoms. The number of benzene rings is 2. The van der Waals surface area contributed by atoms with Gasteiger partial charge in [-0.3, -0.25) is 0 Å². The molecule has 0 amide bonds. The number of phenols is 2. The van der Waals surface area contributed by atoms with E-state index in [2.05, 4.69) is 4.74 Å². The Bertz CT molecular complexity index is 578. The molecule has 0 aliphatic carbocycles. The second-order valence-electron chi connectivity index (χ2n) is 3.71. The molecule has 0 saturated carbocycles. The summed E-state index contributed by atoms with van der Waals surface area (Å²) in [5.41, 5.74) is -0.238. The van der Waals surface area contributed by atoms with Crippen molar-refractivity contribution in [3.8, 4) is 11.5 Å². The maximum atomic E-state index is 11.7. The number of esters is 2. The number of phenolic OH excluding ortho intramolecular Hbond substituents is 2. The lowest BCUT2D eigenvalue weighted by atomic mass is 10.2. The third-order valence-corrected chi connectivity index (χ3v) is 2.43. The Morgan fingerprint density at radius 2 is 1.11 bits per heavy atom. The molecule has 0 atom stereocenters. The standard InChI is InChI=1S/C14H10O5/c15-11-7-3-1-5-9(11)13(17)19-14(18)10-6-2-4-8-12(10)16/h1-8,15-16H. The Balaban J connectivity index is 2.19. The Hall–Kier alpha value is -2.82. The largest absolute Gasteiger partial charge is 0.507 e. The van der Waals surface area contributed by atoms with Crippen LogP contribution in [-0.2, 0) is 4.74 Å². The summed E-state index contributed by atoms with van der Waals surface area (Å²) < 4.78 is 4.59. The zero-order valence-corrected chi connectivity index (χ0v) is 9.74. The first-order valence-corrected chi connectivity index (χ1v) is 5.42. The van der Waals surface area contributed by atoms with Crippen LogP contribution in [0.4, 0.5) is 0 Å². The summed E-state index contributed by atoms with van der Waals surface area (Å²) in [5.74, 6) is -2.52. The van der Waals surface area contributed by atoms with Crippen molar-refractivity contribution in [2.24, 2.45) is 0 Å². The van der Waals surface area contributed by atoms with Crippen LogP contribution in [0.2, 0.25) is 0 Å². The quantitative estimate of drug-likeness (QED) is 0.636. The Morgan fingerprint density at radius 1 is 0.737 bits per heavy atom. The lowest BCUT2D eigenvalue weighted by Gasteiger charge is -2.05. The topological polar surface area (TPSA) is 83.8 Å². The number of para-hydroxylation sites is 2. The second kappa shape index (κ2) is 5.22. The van der Waals surface area contributed by atoms with E-state index in [1.54, 1.807) is 0 Å². The predicted molar refractivity (Wildman–Crippen MR) is 66.0 cm³/mol. The van der Waals surface area contributed by atoms with Gasteiger partial charge in [0.25, 0.3) is 0 Å². The highest BCUT2D eigenvalue weighted by Gasteiger charge is 2.19. The third-order valence-electron chi connectivity index (χ3n) is 2.43. The smallest absolute Gasteiger partial charge is 0.349 e. The number of hydrogen-bond acceptors (Lipinski definition) is 5. The van der Waals surface area contributed by atoms with Crippen molar-refractivity contribution in [2.75, 3.05) is 0 Å². The molecule has 2 aromatic rings. The number of rotatable bonds is 2. The van der Waals surface area contributed by atoms with Gasteiger partial charge < -0.3 is 14.9 Å². The molecule has 2 aromatic carbocycles. The highest BCUT2D eigenvalue weighted by atomic mass is 16.6. The molecule has 0 bridgehead atoms. The zero-order valence-electron chi connectivity index (χ0n) is 9.74. The van der Waals surface area contributed by atoms with Crippen LogP contribution in [0.3, 0.4) is 0 Å². The van der Waals surface area contributed by atoms with Crippen LogP contribution >= 0.6 is 0 Å². The molecule has 0 aromatic heterocycles. The summed E-state index contributed by atoms with van der Waals surface area (Å²) >= 11 is 0. The summed E-state index contributed by atoms with van der Waals surface area (Å²) in [7, 11) is 0. The first kappa shape index (κ1) is 12.6. The van der Waals surface area contributed by atoms with E-state index in [1.165, 1.54) is 48.5 Å². The van der Waals surface area contributed by atoms with Crippen molar-refractivity contribution in [3.05, 3.63) is 59.7 Å². The maximum Gasteiger partial charge on any atom is 0.349 e. The molecule has 19 heavy (non-hydrogen) atoms. The fourth-order valence-corrected chi connectivity index (χ4v) is 1.49. The van der Waals surface area contributed by atoms with E-state index in [-0.39, 0.29) is 22.6 Å². The molecule has 0 fully saturated rings. The van der Waals surface area contributed by atoms with Crippen molar-refractivity contribution in [1.29, 1.82) is 0 Å². The van der Waals surface area contributed by atoms with Gasteiger partial charge >= 0.3 is 11.9 Å². The molecule has 2 rings (SSSR count). The minimum Gasteiger partial charge on any atom is -0.507 e. The summed E-state index contributed by atoms with van der Waals surface area (Å²) in [6, 6.07) is 11.4. The van der Waals surface area contributed by atoms with Crippen LogP contribution in [-0.4, -0.2) is 22.2 Å². The van der Waals surface area contributed by atoms with Gasteiger partial charge in [-0.15, -0.1) is 0 Å². The van der Waals surface area contributed by atoms with Crippen LogP contribution in [0, 0.1) is 0 Å². The Labute approximate surface area is 108 Å². The van der Waals surface area contributed by atoms with Crippen LogP contribution in [0.25, 0.3) is 0 Å². The normalized spacial score (nSPS) is 9.89. The molecule has 96 valence electrons. The van der Waals surface area contributed by atoms with Gasteiger partial charge in [0.15, 0.2) is 0 Å². The monoisotopic (exact) mass is 258 g/mol. The fraction of sp³-hybridized carbons (Fsp3) is 0. The van der Waals surface area contributed by atoms with Crippen LogP contribution in [0.5, 0.6) is 11.5 Å². The zero-order chi connectivity index (χ0) is 13.8. The highest BCUT2D eigenvalue weighted by molar-refractivity contribution is 6.04. The number of carbonyl (C=O) groups excluding carboxylic acids is 2. The Kier molecular flexibility index (Phi) is 3.47. The molecule has 0 saturated heterocycles. The number of ether oxygens (including phenoxy) is 1. The molecular weight excluding hydrogens is 248 g/mol. The van der Waals surface area contributed by atoms with Gasteiger partial charge in [-0.25, -0.2) is 9.59 Å². The summed E-state index contributed by atoms with van der Waals surface area (Å²) in [6.45, 7) is 0. The molecule has 0 unspecified atom stereocenters. The van der Waals surface area contributed by atoms with Gasteiger partial charge in [-0.2, -0.15) is 0 Å². The van der Waals surface area contributed by atoms with Gasteiger partial charge in [0.1, 0.15) is 22.6 Å². The lowest BCUT2D eigenvalue weighted by Crippen LogP contribution is -2.13. The first-order valence-electron chi connectivity index (χ1n) is 5.42. The first-order chi connectivity index (χ1) is 9.09. The fourth-order valence-electron chi connectivity index (χ4n) is 1.49. The maximum absolute atomic E-state index is 11.7. The minimum atomic E-state index is -0.980. The Morgan fingerprint density at radius 3 is 1.47 bits per heavy atom. The summed E-state index contributed by atoms with van der Waals surface area (Å²) in [5, 5.41) is 18.9. The number of hydrogen-bond donors (Lipinski definition) is 2. The van der Waals surface area contributed by atoms with E-state index in [9.17, 15) is 19.8 Å². The van der Waals surface area contributed by atoms with Gasteiger partial charge in [-0.1, -0.05) is 24.3 Å².